The number of nitrogens with zero attached hydrogens (tertiary/aromatic N) is 1. The fraction of sp³-hybridized carbons (Fsp3) is 0.250. The SMILES string of the molecule is C#CC(C)(C)Oc1ccc(C#N)cc1Br. The second kappa shape index (κ2) is 4.38. The van der Waals surface area contributed by atoms with Gasteiger partial charge in [-0.1, -0.05) is 5.92 Å². The van der Waals surface area contributed by atoms with Crippen LogP contribution in [0.15, 0.2) is 22.7 Å². The van der Waals surface area contributed by atoms with Crippen LogP contribution in [0.2, 0.25) is 0 Å². The maximum atomic E-state index is 8.69. The molecular formula is C12H10BrNO. The third kappa shape index (κ3) is 3.01. The molecule has 0 unspecified atom stereocenters. The molecule has 0 heterocycles. The molecule has 15 heavy (non-hydrogen) atoms. The van der Waals surface area contributed by atoms with Gasteiger partial charge in [0, 0.05) is 0 Å². The zero-order chi connectivity index (χ0) is 11.5. The Morgan fingerprint density at radius 2 is 2.13 bits per heavy atom. The maximum absolute atomic E-state index is 8.69. The van der Waals surface area contributed by atoms with Crippen molar-refractivity contribution in [1.82, 2.24) is 0 Å². The molecular weight excluding hydrogens is 254 g/mol. The molecule has 0 bridgehead atoms. The van der Waals surface area contributed by atoms with E-state index in [1.165, 1.54) is 0 Å². The lowest BCUT2D eigenvalue weighted by Crippen LogP contribution is -2.25. The number of halogens is 1. The van der Waals surface area contributed by atoms with Crippen molar-refractivity contribution in [3.8, 4) is 24.2 Å². The fourth-order valence-electron chi connectivity index (χ4n) is 0.958. The van der Waals surface area contributed by atoms with Gasteiger partial charge in [0.15, 0.2) is 5.60 Å². The topological polar surface area (TPSA) is 33.0 Å². The Morgan fingerprint density at radius 3 is 2.60 bits per heavy atom. The second-order valence-electron chi connectivity index (χ2n) is 3.51. The number of ether oxygens (including phenoxy) is 1. The van der Waals surface area contributed by atoms with Crippen LogP contribution >= 0.6 is 15.9 Å². The molecule has 1 rings (SSSR count). The third-order valence-electron chi connectivity index (χ3n) is 1.77. The number of benzene rings is 1. The van der Waals surface area contributed by atoms with Crippen molar-refractivity contribution in [3.05, 3.63) is 28.2 Å². The van der Waals surface area contributed by atoms with Gasteiger partial charge in [0.1, 0.15) is 5.75 Å². The summed E-state index contributed by atoms with van der Waals surface area (Å²) in [4.78, 5) is 0. The van der Waals surface area contributed by atoms with Gasteiger partial charge in [-0.25, -0.2) is 0 Å². The van der Waals surface area contributed by atoms with E-state index in [2.05, 4.69) is 21.9 Å². The smallest absolute Gasteiger partial charge is 0.163 e. The van der Waals surface area contributed by atoms with Crippen LogP contribution in [0.1, 0.15) is 19.4 Å². The first-order valence-corrected chi connectivity index (χ1v) is 5.14. The van der Waals surface area contributed by atoms with Gasteiger partial charge >= 0.3 is 0 Å². The molecule has 0 N–H and O–H groups in total. The first-order valence-electron chi connectivity index (χ1n) is 4.35. The maximum Gasteiger partial charge on any atom is 0.163 e. The molecule has 0 saturated heterocycles. The lowest BCUT2D eigenvalue weighted by molar-refractivity contribution is 0.171. The number of hydrogen-bond acceptors (Lipinski definition) is 2. The van der Waals surface area contributed by atoms with Crippen molar-refractivity contribution in [2.45, 2.75) is 19.4 Å². The Bertz CT molecular complexity index is 452. The molecule has 3 heteroatoms. The minimum atomic E-state index is -0.656. The monoisotopic (exact) mass is 263 g/mol. The average Bonchev–Trinajstić information content (AvgIpc) is 2.21. The Hall–Kier alpha value is -1.45. The quantitative estimate of drug-likeness (QED) is 0.769. The van der Waals surface area contributed by atoms with Gasteiger partial charge in [0.05, 0.1) is 16.1 Å². The van der Waals surface area contributed by atoms with E-state index in [0.29, 0.717) is 11.3 Å². The van der Waals surface area contributed by atoms with E-state index in [-0.39, 0.29) is 0 Å². The van der Waals surface area contributed by atoms with Gasteiger partial charge in [-0.2, -0.15) is 5.26 Å². The normalized spacial score (nSPS) is 10.2. The van der Waals surface area contributed by atoms with Crippen LogP contribution in [0.4, 0.5) is 0 Å². The summed E-state index contributed by atoms with van der Waals surface area (Å²) in [5, 5.41) is 8.69. The van der Waals surface area contributed by atoms with E-state index < -0.39 is 5.60 Å². The van der Waals surface area contributed by atoms with Gasteiger partial charge in [-0.3, -0.25) is 0 Å². The number of nitriles is 1. The van der Waals surface area contributed by atoms with E-state index in [1.807, 2.05) is 6.07 Å². The van der Waals surface area contributed by atoms with Crippen molar-refractivity contribution in [2.24, 2.45) is 0 Å². The molecule has 0 aliphatic rings. The molecule has 1 aromatic carbocycles. The summed E-state index contributed by atoms with van der Waals surface area (Å²) in [5.41, 5.74) is -0.0795. The van der Waals surface area contributed by atoms with Gasteiger partial charge in [0.2, 0.25) is 0 Å². The van der Waals surface area contributed by atoms with Crippen LogP contribution in [-0.4, -0.2) is 5.60 Å². The molecule has 2 nitrogen and oxygen atoms in total. The van der Waals surface area contributed by atoms with E-state index >= 15 is 0 Å². The molecule has 0 fully saturated rings. The number of rotatable bonds is 2. The molecule has 76 valence electrons. The highest BCUT2D eigenvalue weighted by atomic mass is 79.9. The lowest BCUT2D eigenvalue weighted by Gasteiger charge is -2.21. The highest BCUT2D eigenvalue weighted by Crippen LogP contribution is 2.28. The van der Waals surface area contributed by atoms with Crippen LogP contribution < -0.4 is 4.74 Å². The largest absolute Gasteiger partial charge is 0.474 e. The zero-order valence-corrected chi connectivity index (χ0v) is 10.1. The summed E-state index contributed by atoms with van der Waals surface area (Å²) >= 11 is 3.33. The standard InChI is InChI=1S/C12H10BrNO/c1-4-12(2,3)15-11-6-5-9(8-14)7-10(11)13/h1,5-7H,2-3H3. The third-order valence-corrected chi connectivity index (χ3v) is 2.39. The van der Waals surface area contributed by atoms with Gasteiger partial charge in [-0.15, -0.1) is 6.42 Å². The summed E-state index contributed by atoms with van der Waals surface area (Å²) in [6, 6.07) is 7.15. The molecule has 0 atom stereocenters. The average molecular weight is 264 g/mol. The van der Waals surface area contributed by atoms with Gasteiger partial charge < -0.3 is 4.74 Å². The lowest BCUT2D eigenvalue weighted by atomic mass is 10.1. The van der Waals surface area contributed by atoms with Crippen LogP contribution in [0, 0.1) is 23.7 Å². The molecule has 0 amide bonds. The van der Waals surface area contributed by atoms with E-state index in [1.54, 1.807) is 32.0 Å². The van der Waals surface area contributed by atoms with Crippen LogP contribution in [-0.2, 0) is 0 Å². The summed E-state index contributed by atoms with van der Waals surface area (Å²) in [7, 11) is 0. The highest BCUT2D eigenvalue weighted by Gasteiger charge is 2.17. The Labute approximate surface area is 98.0 Å². The summed E-state index contributed by atoms with van der Waals surface area (Å²) < 4.78 is 6.32. The Morgan fingerprint density at radius 1 is 1.47 bits per heavy atom. The number of hydrogen-bond donors (Lipinski definition) is 0. The first kappa shape index (κ1) is 11.6. The Kier molecular flexibility index (Phi) is 3.39. The van der Waals surface area contributed by atoms with E-state index in [9.17, 15) is 0 Å². The molecule has 0 radical (unpaired) electrons. The van der Waals surface area contributed by atoms with Gasteiger partial charge in [-0.05, 0) is 48.0 Å². The minimum Gasteiger partial charge on any atom is -0.474 e. The molecule has 0 aromatic heterocycles. The molecule has 0 saturated carbocycles. The fourth-order valence-corrected chi connectivity index (χ4v) is 1.42. The van der Waals surface area contributed by atoms with Crippen molar-refractivity contribution in [1.29, 1.82) is 5.26 Å². The molecule has 1 aromatic rings. The predicted molar refractivity (Wildman–Crippen MR) is 62.4 cm³/mol. The van der Waals surface area contributed by atoms with Crippen molar-refractivity contribution >= 4 is 15.9 Å². The summed E-state index contributed by atoms with van der Waals surface area (Å²) in [6.45, 7) is 3.61. The minimum absolute atomic E-state index is 0.577. The second-order valence-corrected chi connectivity index (χ2v) is 4.37. The molecule has 0 spiro atoms. The molecule has 0 aliphatic carbocycles. The van der Waals surface area contributed by atoms with E-state index in [0.717, 1.165) is 4.47 Å². The van der Waals surface area contributed by atoms with Crippen LogP contribution in [0.5, 0.6) is 5.75 Å². The predicted octanol–water partition coefficient (Wildman–Crippen LogP) is 3.11. The van der Waals surface area contributed by atoms with Crippen LogP contribution in [0.25, 0.3) is 0 Å². The highest BCUT2D eigenvalue weighted by molar-refractivity contribution is 9.10. The first-order chi connectivity index (χ1) is 6.98. The van der Waals surface area contributed by atoms with Gasteiger partial charge in [0.25, 0.3) is 0 Å². The van der Waals surface area contributed by atoms with Crippen LogP contribution in [0.3, 0.4) is 0 Å². The van der Waals surface area contributed by atoms with Crippen molar-refractivity contribution < 1.29 is 4.74 Å². The number of terminal acetylenes is 1. The zero-order valence-electron chi connectivity index (χ0n) is 8.54. The summed E-state index contributed by atoms with van der Waals surface area (Å²) in [5.74, 6) is 3.17. The van der Waals surface area contributed by atoms with Crippen molar-refractivity contribution in [2.75, 3.05) is 0 Å². The van der Waals surface area contributed by atoms with Crippen molar-refractivity contribution in [3.63, 3.8) is 0 Å². The Balaban J connectivity index is 3.00. The van der Waals surface area contributed by atoms with E-state index in [4.69, 9.17) is 16.4 Å². The summed E-state index contributed by atoms with van der Waals surface area (Å²) in [6.07, 6.45) is 5.32. The molecule has 0 aliphatic heterocycles.